The Kier molecular flexibility index (Phi) is 7.95. The highest BCUT2D eigenvalue weighted by atomic mass is 35.5. The SMILES string of the molecule is COc1ccccc1CCNC(=O)CC(CC(=O)O)c1ccc(Cl)c(Cl)c1. The molecule has 0 bridgehead atoms. The molecule has 0 spiro atoms. The number of hydrogen-bond donors (Lipinski definition) is 2. The number of halogens is 2. The van der Waals surface area contributed by atoms with Gasteiger partial charge in [0.2, 0.25) is 5.91 Å². The van der Waals surface area contributed by atoms with E-state index in [9.17, 15) is 9.59 Å². The topological polar surface area (TPSA) is 75.6 Å². The number of aliphatic carboxylic acids is 1. The number of carboxylic acids is 1. The maximum absolute atomic E-state index is 12.3. The van der Waals surface area contributed by atoms with Crippen LogP contribution in [0.1, 0.15) is 29.9 Å². The van der Waals surface area contributed by atoms with Crippen LogP contribution in [0, 0.1) is 0 Å². The fourth-order valence-electron chi connectivity index (χ4n) is 2.83. The third-order valence-corrected chi connectivity index (χ3v) is 4.92. The molecule has 1 amide bonds. The molecule has 2 aromatic rings. The van der Waals surface area contributed by atoms with Gasteiger partial charge in [0.25, 0.3) is 0 Å². The van der Waals surface area contributed by atoms with Gasteiger partial charge in [0, 0.05) is 18.9 Å². The van der Waals surface area contributed by atoms with Gasteiger partial charge in [-0.3, -0.25) is 9.59 Å². The highest BCUT2D eigenvalue weighted by Crippen LogP contribution is 2.30. The average Bonchev–Trinajstić information content (AvgIpc) is 2.63. The van der Waals surface area contributed by atoms with Crippen LogP contribution in [0.2, 0.25) is 10.0 Å². The number of ether oxygens (including phenoxy) is 1. The zero-order chi connectivity index (χ0) is 19.8. The zero-order valence-electron chi connectivity index (χ0n) is 14.9. The van der Waals surface area contributed by atoms with Gasteiger partial charge < -0.3 is 15.2 Å². The Morgan fingerprint density at radius 1 is 1.11 bits per heavy atom. The lowest BCUT2D eigenvalue weighted by molar-refractivity contribution is -0.137. The van der Waals surface area contributed by atoms with E-state index in [1.54, 1.807) is 25.3 Å². The Labute approximate surface area is 168 Å². The van der Waals surface area contributed by atoms with E-state index >= 15 is 0 Å². The second-order valence-corrected chi connectivity index (χ2v) is 6.90. The molecule has 0 aromatic heterocycles. The van der Waals surface area contributed by atoms with Gasteiger partial charge in [-0.05, 0) is 35.7 Å². The summed E-state index contributed by atoms with van der Waals surface area (Å²) in [5.41, 5.74) is 1.67. The van der Waals surface area contributed by atoms with E-state index in [1.807, 2.05) is 24.3 Å². The predicted octanol–water partition coefficient (Wildman–Crippen LogP) is 4.31. The van der Waals surface area contributed by atoms with E-state index in [-0.39, 0.29) is 18.7 Å². The predicted molar refractivity (Wildman–Crippen MR) is 106 cm³/mol. The van der Waals surface area contributed by atoms with Gasteiger partial charge in [-0.25, -0.2) is 0 Å². The summed E-state index contributed by atoms with van der Waals surface area (Å²) in [6.45, 7) is 0.431. The number of hydrogen-bond acceptors (Lipinski definition) is 3. The molecule has 0 aliphatic rings. The zero-order valence-corrected chi connectivity index (χ0v) is 16.4. The van der Waals surface area contributed by atoms with Crippen molar-refractivity contribution in [1.82, 2.24) is 5.32 Å². The molecule has 0 aliphatic carbocycles. The van der Waals surface area contributed by atoms with Gasteiger partial charge in [0.15, 0.2) is 0 Å². The third-order valence-electron chi connectivity index (χ3n) is 4.18. The summed E-state index contributed by atoms with van der Waals surface area (Å²) in [7, 11) is 1.60. The number of methoxy groups -OCH3 is 1. The van der Waals surface area contributed by atoms with Gasteiger partial charge in [0.05, 0.1) is 23.6 Å². The molecule has 0 saturated heterocycles. The Balaban J connectivity index is 1.97. The minimum absolute atomic E-state index is 0.0518. The normalized spacial score (nSPS) is 11.7. The largest absolute Gasteiger partial charge is 0.496 e. The number of amides is 1. The summed E-state index contributed by atoms with van der Waals surface area (Å²) < 4.78 is 5.29. The fourth-order valence-corrected chi connectivity index (χ4v) is 3.13. The van der Waals surface area contributed by atoms with Gasteiger partial charge in [0.1, 0.15) is 5.75 Å². The molecule has 144 valence electrons. The van der Waals surface area contributed by atoms with Crippen LogP contribution in [-0.4, -0.2) is 30.6 Å². The molecule has 27 heavy (non-hydrogen) atoms. The van der Waals surface area contributed by atoms with Gasteiger partial charge in [-0.15, -0.1) is 0 Å². The Morgan fingerprint density at radius 3 is 2.52 bits per heavy atom. The van der Waals surface area contributed by atoms with Crippen molar-refractivity contribution in [3.63, 3.8) is 0 Å². The van der Waals surface area contributed by atoms with Crippen LogP contribution in [-0.2, 0) is 16.0 Å². The Bertz CT molecular complexity index is 810. The van der Waals surface area contributed by atoms with Crippen LogP contribution < -0.4 is 10.1 Å². The first-order chi connectivity index (χ1) is 12.9. The van der Waals surface area contributed by atoms with E-state index in [0.717, 1.165) is 11.3 Å². The second kappa shape index (κ2) is 10.2. The standard InChI is InChI=1S/C20H21Cl2NO4/c1-27-18-5-3-2-4-13(18)8-9-23-19(24)11-15(12-20(25)26)14-6-7-16(21)17(22)10-14/h2-7,10,15H,8-9,11-12H2,1H3,(H,23,24)(H,25,26). The number of carbonyl (C=O) groups is 2. The molecule has 2 aromatic carbocycles. The first-order valence-electron chi connectivity index (χ1n) is 8.46. The molecule has 0 saturated carbocycles. The number of carbonyl (C=O) groups excluding carboxylic acids is 1. The van der Waals surface area contributed by atoms with E-state index in [1.165, 1.54) is 0 Å². The van der Waals surface area contributed by atoms with Crippen molar-refractivity contribution in [2.24, 2.45) is 0 Å². The molecular formula is C20H21Cl2NO4. The van der Waals surface area contributed by atoms with E-state index in [4.69, 9.17) is 33.0 Å². The molecule has 0 heterocycles. The van der Waals surface area contributed by atoms with Crippen molar-refractivity contribution in [1.29, 1.82) is 0 Å². The molecule has 0 radical (unpaired) electrons. The van der Waals surface area contributed by atoms with Crippen LogP contribution in [0.5, 0.6) is 5.75 Å². The summed E-state index contributed by atoms with van der Waals surface area (Å²) in [4.78, 5) is 23.5. The molecule has 2 N–H and O–H groups in total. The second-order valence-electron chi connectivity index (χ2n) is 6.08. The molecule has 0 fully saturated rings. The molecule has 5 nitrogen and oxygen atoms in total. The van der Waals surface area contributed by atoms with Gasteiger partial charge in [-0.2, -0.15) is 0 Å². The smallest absolute Gasteiger partial charge is 0.303 e. The highest BCUT2D eigenvalue weighted by Gasteiger charge is 2.20. The Hall–Kier alpha value is -2.24. The summed E-state index contributed by atoms with van der Waals surface area (Å²) in [5.74, 6) is -0.912. The van der Waals surface area contributed by atoms with Gasteiger partial charge in [-0.1, -0.05) is 47.5 Å². The summed E-state index contributed by atoms with van der Waals surface area (Å²) >= 11 is 11.9. The summed E-state index contributed by atoms with van der Waals surface area (Å²) in [6.07, 6.45) is 0.500. The number of rotatable bonds is 9. The van der Waals surface area contributed by atoms with Crippen molar-refractivity contribution < 1.29 is 19.4 Å². The van der Waals surface area contributed by atoms with E-state index in [2.05, 4.69) is 5.32 Å². The maximum atomic E-state index is 12.3. The first kappa shape index (κ1) is 21.1. The maximum Gasteiger partial charge on any atom is 0.303 e. The molecule has 7 heteroatoms. The molecule has 2 rings (SSSR count). The molecular weight excluding hydrogens is 389 g/mol. The minimum atomic E-state index is -0.979. The number of para-hydroxylation sites is 1. The number of carboxylic acid groups (broad SMARTS) is 1. The summed E-state index contributed by atoms with van der Waals surface area (Å²) in [6, 6.07) is 12.5. The lowest BCUT2D eigenvalue weighted by Crippen LogP contribution is -2.27. The minimum Gasteiger partial charge on any atom is -0.496 e. The average molecular weight is 410 g/mol. The molecule has 1 atom stereocenters. The van der Waals surface area contributed by atoms with Crippen LogP contribution in [0.4, 0.5) is 0 Å². The van der Waals surface area contributed by atoms with Gasteiger partial charge >= 0.3 is 5.97 Å². The van der Waals surface area contributed by atoms with Crippen molar-refractivity contribution in [3.05, 3.63) is 63.6 Å². The van der Waals surface area contributed by atoms with Crippen molar-refractivity contribution in [3.8, 4) is 5.75 Å². The molecule has 1 unspecified atom stereocenters. The van der Waals surface area contributed by atoms with Crippen LogP contribution >= 0.6 is 23.2 Å². The molecule has 0 aliphatic heterocycles. The van der Waals surface area contributed by atoms with Crippen molar-refractivity contribution in [2.45, 2.75) is 25.2 Å². The van der Waals surface area contributed by atoms with Crippen molar-refractivity contribution in [2.75, 3.05) is 13.7 Å². The third kappa shape index (κ3) is 6.45. The van der Waals surface area contributed by atoms with E-state index < -0.39 is 11.9 Å². The number of nitrogens with one attached hydrogen (secondary N) is 1. The van der Waals surface area contributed by atoms with E-state index in [0.29, 0.717) is 28.6 Å². The number of benzene rings is 2. The van der Waals surface area contributed by atoms with Crippen molar-refractivity contribution >= 4 is 35.1 Å². The lowest BCUT2D eigenvalue weighted by atomic mass is 9.92. The first-order valence-corrected chi connectivity index (χ1v) is 9.21. The quantitative estimate of drug-likeness (QED) is 0.646. The fraction of sp³-hybridized carbons (Fsp3) is 0.300. The summed E-state index contributed by atoms with van der Waals surface area (Å²) in [5, 5.41) is 12.7. The van der Waals surface area contributed by atoms with Crippen LogP contribution in [0.25, 0.3) is 0 Å². The van der Waals surface area contributed by atoms with Crippen LogP contribution in [0.15, 0.2) is 42.5 Å². The Morgan fingerprint density at radius 2 is 1.85 bits per heavy atom. The van der Waals surface area contributed by atoms with Crippen LogP contribution in [0.3, 0.4) is 0 Å². The lowest BCUT2D eigenvalue weighted by Gasteiger charge is -2.16. The monoisotopic (exact) mass is 409 g/mol. The highest BCUT2D eigenvalue weighted by molar-refractivity contribution is 6.42.